The first-order chi connectivity index (χ1) is 7.50. The third-order valence-corrected chi connectivity index (χ3v) is 3.07. The van der Waals surface area contributed by atoms with E-state index in [2.05, 4.69) is 0 Å². The molecule has 0 bridgehead atoms. The summed E-state index contributed by atoms with van der Waals surface area (Å²) in [6.45, 7) is 3.50. The Morgan fingerprint density at radius 1 is 1.38 bits per heavy atom. The predicted octanol–water partition coefficient (Wildman–Crippen LogP) is 2.80. The summed E-state index contributed by atoms with van der Waals surface area (Å²) in [4.78, 5) is 22.2. The molecule has 1 aliphatic rings. The monoisotopic (exact) mass is 219 g/mol. The van der Waals surface area contributed by atoms with Crippen molar-refractivity contribution in [3.63, 3.8) is 0 Å². The fourth-order valence-electron chi connectivity index (χ4n) is 1.75. The van der Waals surface area contributed by atoms with Crippen LogP contribution in [0.3, 0.4) is 0 Å². The zero-order chi connectivity index (χ0) is 11.9. The number of carbonyl (C=O) groups is 1. The Labute approximate surface area is 93.4 Å². The standard InChI is InChI=1S/C12H13NO3/c1-7-5-10(12(14)9-3-4-9)6-11(8(7)2)13(15)16/h5-6,9H,3-4H2,1-2H3. The van der Waals surface area contributed by atoms with Crippen molar-refractivity contribution < 1.29 is 9.72 Å². The van der Waals surface area contributed by atoms with Crippen molar-refractivity contribution in [2.75, 3.05) is 0 Å². The average Bonchev–Trinajstić information content (AvgIpc) is 3.03. The summed E-state index contributed by atoms with van der Waals surface area (Å²) >= 11 is 0. The molecular formula is C12H13NO3. The molecule has 4 heteroatoms. The fraction of sp³-hybridized carbons (Fsp3) is 0.417. The van der Waals surface area contributed by atoms with Gasteiger partial charge in [0, 0.05) is 23.1 Å². The van der Waals surface area contributed by atoms with Crippen molar-refractivity contribution in [1.82, 2.24) is 0 Å². The fourth-order valence-corrected chi connectivity index (χ4v) is 1.75. The Morgan fingerprint density at radius 3 is 2.50 bits per heavy atom. The number of nitrogens with zero attached hydrogens (tertiary/aromatic N) is 1. The van der Waals surface area contributed by atoms with E-state index in [0.717, 1.165) is 18.4 Å². The molecule has 16 heavy (non-hydrogen) atoms. The van der Waals surface area contributed by atoms with Gasteiger partial charge in [0.1, 0.15) is 0 Å². The van der Waals surface area contributed by atoms with Crippen LogP contribution in [0.1, 0.15) is 34.3 Å². The highest BCUT2D eigenvalue weighted by atomic mass is 16.6. The Bertz CT molecular complexity index is 475. The van der Waals surface area contributed by atoms with Crippen LogP contribution in [-0.2, 0) is 0 Å². The van der Waals surface area contributed by atoms with Crippen LogP contribution < -0.4 is 0 Å². The lowest BCUT2D eigenvalue weighted by Gasteiger charge is -2.05. The number of nitro groups is 1. The minimum atomic E-state index is -0.425. The minimum Gasteiger partial charge on any atom is -0.294 e. The van der Waals surface area contributed by atoms with Crippen molar-refractivity contribution >= 4 is 11.5 Å². The zero-order valence-corrected chi connectivity index (χ0v) is 9.32. The Balaban J connectivity index is 2.47. The van der Waals surface area contributed by atoms with Gasteiger partial charge in [-0.25, -0.2) is 0 Å². The van der Waals surface area contributed by atoms with Gasteiger partial charge in [0.25, 0.3) is 5.69 Å². The van der Waals surface area contributed by atoms with Crippen LogP contribution in [0.25, 0.3) is 0 Å². The average molecular weight is 219 g/mol. The number of carbonyl (C=O) groups excluding carboxylic acids is 1. The van der Waals surface area contributed by atoms with Crippen LogP contribution in [-0.4, -0.2) is 10.7 Å². The summed E-state index contributed by atoms with van der Waals surface area (Å²) in [6, 6.07) is 3.16. The Morgan fingerprint density at radius 2 is 2.00 bits per heavy atom. The predicted molar refractivity (Wildman–Crippen MR) is 59.6 cm³/mol. The lowest BCUT2D eigenvalue weighted by molar-refractivity contribution is -0.385. The first-order valence-electron chi connectivity index (χ1n) is 5.30. The number of nitro benzene ring substituents is 1. The van der Waals surface area contributed by atoms with Gasteiger partial charge in [-0.1, -0.05) is 0 Å². The molecule has 4 nitrogen and oxygen atoms in total. The van der Waals surface area contributed by atoms with E-state index >= 15 is 0 Å². The summed E-state index contributed by atoms with van der Waals surface area (Å²) in [5.74, 6) is 0.146. The van der Waals surface area contributed by atoms with Crippen LogP contribution in [0.15, 0.2) is 12.1 Å². The van der Waals surface area contributed by atoms with Crippen molar-refractivity contribution in [3.05, 3.63) is 38.9 Å². The van der Waals surface area contributed by atoms with E-state index in [-0.39, 0.29) is 17.4 Å². The molecule has 1 fully saturated rings. The summed E-state index contributed by atoms with van der Waals surface area (Å²) in [5.41, 5.74) is 1.97. The van der Waals surface area contributed by atoms with E-state index in [1.165, 1.54) is 6.07 Å². The number of Topliss-reactive ketones (excluding diaryl/α,β-unsaturated/α-hetero) is 1. The van der Waals surface area contributed by atoms with Crippen LogP contribution in [0.4, 0.5) is 5.69 Å². The molecule has 2 rings (SSSR count). The lowest BCUT2D eigenvalue weighted by Crippen LogP contribution is -2.04. The van der Waals surface area contributed by atoms with Crippen LogP contribution in [0, 0.1) is 29.9 Å². The van der Waals surface area contributed by atoms with Crippen molar-refractivity contribution in [2.45, 2.75) is 26.7 Å². The zero-order valence-electron chi connectivity index (χ0n) is 9.32. The number of hydrogen-bond acceptors (Lipinski definition) is 3. The molecule has 0 N–H and O–H groups in total. The van der Waals surface area contributed by atoms with Crippen molar-refractivity contribution in [1.29, 1.82) is 0 Å². The molecule has 0 saturated heterocycles. The van der Waals surface area contributed by atoms with E-state index in [0.29, 0.717) is 11.1 Å². The molecule has 0 spiro atoms. The summed E-state index contributed by atoms with van der Waals surface area (Å²) < 4.78 is 0. The first-order valence-corrected chi connectivity index (χ1v) is 5.30. The highest BCUT2D eigenvalue weighted by molar-refractivity contribution is 6.00. The van der Waals surface area contributed by atoms with E-state index in [1.54, 1.807) is 19.9 Å². The van der Waals surface area contributed by atoms with E-state index < -0.39 is 4.92 Å². The van der Waals surface area contributed by atoms with Crippen molar-refractivity contribution in [3.8, 4) is 0 Å². The molecule has 0 radical (unpaired) electrons. The first kappa shape index (κ1) is 10.8. The number of rotatable bonds is 3. The molecule has 84 valence electrons. The molecule has 0 aliphatic heterocycles. The van der Waals surface area contributed by atoms with Gasteiger partial charge >= 0.3 is 0 Å². The van der Waals surface area contributed by atoms with E-state index in [1.807, 2.05) is 0 Å². The second-order valence-corrected chi connectivity index (χ2v) is 4.33. The smallest absolute Gasteiger partial charge is 0.273 e. The number of hydrogen-bond donors (Lipinski definition) is 0. The molecule has 0 aromatic heterocycles. The third kappa shape index (κ3) is 1.83. The minimum absolute atomic E-state index is 0.0454. The Kier molecular flexibility index (Phi) is 2.50. The maximum atomic E-state index is 11.8. The molecule has 0 amide bonds. The maximum absolute atomic E-state index is 11.8. The molecule has 0 heterocycles. The van der Waals surface area contributed by atoms with Crippen LogP contribution in [0.5, 0.6) is 0 Å². The quantitative estimate of drug-likeness (QED) is 0.446. The molecular weight excluding hydrogens is 206 g/mol. The second kappa shape index (κ2) is 3.70. The van der Waals surface area contributed by atoms with Gasteiger partial charge in [-0.05, 0) is 38.3 Å². The summed E-state index contributed by atoms with van der Waals surface area (Å²) in [5, 5.41) is 10.8. The van der Waals surface area contributed by atoms with Crippen LogP contribution in [0.2, 0.25) is 0 Å². The van der Waals surface area contributed by atoms with E-state index in [9.17, 15) is 14.9 Å². The second-order valence-electron chi connectivity index (χ2n) is 4.33. The highest BCUT2D eigenvalue weighted by Gasteiger charge is 2.31. The lowest BCUT2D eigenvalue weighted by atomic mass is 9.99. The number of ketones is 1. The number of aryl methyl sites for hydroxylation is 1. The van der Waals surface area contributed by atoms with Gasteiger partial charge < -0.3 is 0 Å². The maximum Gasteiger partial charge on any atom is 0.273 e. The molecule has 1 aromatic rings. The largest absolute Gasteiger partial charge is 0.294 e. The normalized spacial score (nSPS) is 14.9. The molecule has 1 aliphatic carbocycles. The SMILES string of the molecule is Cc1cc(C(=O)C2CC2)cc([N+](=O)[O-])c1C. The number of benzene rings is 1. The van der Waals surface area contributed by atoms with E-state index in [4.69, 9.17) is 0 Å². The highest BCUT2D eigenvalue weighted by Crippen LogP contribution is 2.34. The molecule has 0 atom stereocenters. The molecule has 1 saturated carbocycles. The summed E-state index contributed by atoms with van der Waals surface area (Å²) in [7, 11) is 0. The van der Waals surface area contributed by atoms with Gasteiger partial charge in [0.2, 0.25) is 0 Å². The Hall–Kier alpha value is -1.71. The topological polar surface area (TPSA) is 60.2 Å². The van der Waals surface area contributed by atoms with Crippen LogP contribution >= 0.6 is 0 Å². The molecule has 1 aromatic carbocycles. The third-order valence-electron chi connectivity index (χ3n) is 3.07. The van der Waals surface area contributed by atoms with Gasteiger partial charge in [0.15, 0.2) is 5.78 Å². The van der Waals surface area contributed by atoms with Gasteiger partial charge in [-0.15, -0.1) is 0 Å². The molecule has 0 unspecified atom stereocenters. The van der Waals surface area contributed by atoms with Gasteiger partial charge in [0.05, 0.1) is 4.92 Å². The van der Waals surface area contributed by atoms with Gasteiger partial charge in [-0.3, -0.25) is 14.9 Å². The van der Waals surface area contributed by atoms with Gasteiger partial charge in [-0.2, -0.15) is 0 Å². The summed E-state index contributed by atoms with van der Waals surface area (Å²) in [6.07, 6.45) is 1.83. The van der Waals surface area contributed by atoms with Crippen molar-refractivity contribution in [2.24, 2.45) is 5.92 Å².